The van der Waals surface area contributed by atoms with Gasteiger partial charge < -0.3 is 14.2 Å². The van der Waals surface area contributed by atoms with E-state index in [0.29, 0.717) is 18.9 Å². The summed E-state index contributed by atoms with van der Waals surface area (Å²) in [5.74, 6) is -0.0246. The van der Waals surface area contributed by atoms with Crippen molar-refractivity contribution < 1.29 is 30.8 Å². The van der Waals surface area contributed by atoms with Crippen LogP contribution in [0, 0.1) is 5.82 Å². The summed E-state index contributed by atoms with van der Waals surface area (Å²) < 4.78 is 74.7. The summed E-state index contributed by atoms with van der Waals surface area (Å²) in [5, 5.41) is 4.09. The van der Waals surface area contributed by atoms with Crippen molar-refractivity contribution in [1.82, 2.24) is 14.4 Å². The van der Waals surface area contributed by atoms with Gasteiger partial charge in [-0.1, -0.05) is 17.3 Å². The van der Waals surface area contributed by atoms with E-state index in [1.54, 1.807) is 17.0 Å². The molecule has 0 amide bonds. The highest BCUT2D eigenvalue weighted by Crippen LogP contribution is 2.31. The molecule has 12 heteroatoms. The summed E-state index contributed by atoms with van der Waals surface area (Å²) in [5.41, 5.74) is 0.197. The van der Waals surface area contributed by atoms with Crippen LogP contribution < -0.4 is 9.64 Å². The molecule has 0 N–H and O–H groups in total. The van der Waals surface area contributed by atoms with Crippen molar-refractivity contribution in [3.8, 4) is 5.75 Å². The predicted molar refractivity (Wildman–Crippen MR) is 117 cm³/mol. The van der Waals surface area contributed by atoms with Crippen LogP contribution in [-0.2, 0) is 15.4 Å². The first kappa shape index (κ1) is 24.0. The molecule has 34 heavy (non-hydrogen) atoms. The topological polar surface area (TPSA) is 88.8 Å². The second-order valence-corrected chi connectivity index (χ2v) is 10.2. The van der Waals surface area contributed by atoms with E-state index in [0.717, 1.165) is 5.56 Å². The van der Waals surface area contributed by atoms with Gasteiger partial charge in [-0.25, -0.2) is 12.8 Å². The SMILES string of the molecule is CC(C)(c1ccc(F)cc1)c1noc(N2CCN(S(=O)(=O)c3ccc(OC(F)F)cc3)CC2)n1. The summed E-state index contributed by atoms with van der Waals surface area (Å²) in [7, 11) is -3.80. The standard InChI is InChI=1S/C22H23F3N4O4S/c1-22(2,15-3-5-16(23)6-4-15)19-26-21(33-27-19)28-11-13-29(14-12-28)34(30,31)18-9-7-17(8-10-18)32-20(24)25/h3-10,20H,11-14H2,1-2H3. The van der Waals surface area contributed by atoms with E-state index >= 15 is 0 Å². The minimum Gasteiger partial charge on any atom is -0.435 e. The van der Waals surface area contributed by atoms with Crippen LogP contribution in [0.5, 0.6) is 5.75 Å². The number of hydrogen-bond acceptors (Lipinski definition) is 7. The van der Waals surface area contributed by atoms with Gasteiger partial charge >= 0.3 is 12.6 Å². The molecule has 0 unspecified atom stereocenters. The van der Waals surface area contributed by atoms with Crippen LogP contribution in [0.15, 0.2) is 57.9 Å². The Balaban J connectivity index is 1.42. The number of benzene rings is 2. The Kier molecular flexibility index (Phi) is 6.54. The monoisotopic (exact) mass is 496 g/mol. The fourth-order valence-corrected chi connectivity index (χ4v) is 5.08. The Bertz CT molecular complexity index is 1220. The molecule has 8 nitrogen and oxygen atoms in total. The smallest absolute Gasteiger partial charge is 0.387 e. The molecular formula is C22H23F3N4O4S. The summed E-state index contributed by atoms with van der Waals surface area (Å²) in [6, 6.07) is 11.2. The lowest BCUT2D eigenvalue weighted by atomic mass is 9.84. The van der Waals surface area contributed by atoms with Gasteiger partial charge in [0.25, 0.3) is 0 Å². The van der Waals surface area contributed by atoms with Gasteiger partial charge in [0.1, 0.15) is 11.6 Å². The molecule has 2 aromatic carbocycles. The molecule has 182 valence electrons. The molecule has 1 aliphatic heterocycles. The zero-order valence-corrected chi connectivity index (χ0v) is 19.3. The largest absolute Gasteiger partial charge is 0.435 e. The molecule has 1 saturated heterocycles. The first-order valence-electron chi connectivity index (χ1n) is 10.5. The number of piperazine rings is 1. The fourth-order valence-electron chi connectivity index (χ4n) is 3.66. The van der Waals surface area contributed by atoms with Crippen LogP contribution in [-0.4, -0.2) is 55.7 Å². The molecular weight excluding hydrogens is 473 g/mol. The van der Waals surface area contributed by atoms with E-state index in [1.165, 1.54) is 40.7 Å². The van der Waals surface area contributed by atoms with Crippen molar-refractivity contribution in [2.24, 2.45) is 0 Å². The molecule has 0 aliphatic carbocycles. The van der Waals surface area contributed by atoms with Crippen LogP contribution >= 0.6 is 0 Å². The van der Waals surface area contributed by atoms with Crippen LogP contribution in [0.4, 0.5) is 19.2 Å². The zero-order chi connectivity index (χ0) is 24.5. The van der Waals surface area contributed by atoms with Crippen molar-refractivity contribution in [3.05, 3.63) is 65.7 Å². The van der Waals surface area contributed by atoms with E-state index < -0.39 is 22.0 Å². The maximum Gasteiger partial charge on any atom is 0.387 e. The highest BCUT2D eigenvalue weighted by molar-refractivity contribution is 7.89. The third-order valence-corrected chi connectivity index (χ3v) is 7.65. The lowest BCUT2D eigenvalue weighted by Crippen LogP contribution is -2.48. The zero-order valence-electron chi connectivity index (χ0n) is 18.5. The normalized spacial score (nSPS) is 15.6. The van der Waals surface area contributed by atoms with Gasteiger partial charge in [0, 0.05) is 26.2 Å². The van der Waals surface area contributed by atoms with Crippen molar-refractivity contribution in [3.63, 3.8) is 0 Å². The van der Waals surface area contributed by atoms with Gasteiger partial charge in [-0.3, -0.25) is 0 Å². The van der Waals surface area contributed by atoms with Crippen molar-refractivity contribution in [1.29, 1.82) is 0 Å². The Labute approximate surface area is 195 Å². The molecule has 0 bridgehead atoms. The Morgan fingerprint density at radius 3 is 2.21 bits per heavy atom. The molecule has 0 radical (unpaired) electrons. The number of alkyl halides is 2. The number of hydrogen-bond donors (Lipinski definition) is 0. The van der Waals surface area contributed by atoms with Gasteiger partial charge in [-0.15, -0.1) is 0 Å². The van der Waals surface area contributed by atoms with Crippen LogP contribution in [0.2, 0.25) is 0 Å². The molecule has 3 aromatic rings. The molecule has 0 spiro atoms. The Morgan fingerprint density at radius 1 is 1.00 bits per heavy atom. The minimum absolute atomic E-state index is 0.0105. The number of aromatic nitrogens is 2. The lowest BCUT2D eigenvalue weighted by molar-refractivity contribution is -0.0498. The first-order chi connectivity index (χ1) is 16.1. The van der Waals surface area contributed by atoms with Crippen LogP contribution in [0.25, 0.3) is 0 Å². The van der Waals surface area contributed by atoms with Crippen LogP contribution in [0.3, 0.4) is 0 Å². The summed E-state index contributed by atoms with van der Waals surface area (Å²) in [4.78, 5) is 6.28. The molecule has 4 rings (SSSR count). The molecule has 1 fully saturated rings. The summed E-state index contributed by atoms with van der Waals surface area (Å²) in [6.45, 7) is 1.82. The molecule has 2 heterocycles. The van der Waals surface area contributed by atoms with Crippen molar-refractivity contribution in [2.45, 2.75) is 30.8 Å². The molecule has 1 aromatic heterocycles. The summed E-state index contributed by atoms with van der Waals surface area (Å²) in [6.07, 6.45) is 0. The van der Waals surface area contributed by atoms with Gasteiger partial charge in [0.15, 0.2) is 5.82 Å². The average Bonchev–Trinajstić information content (AvgIpc) is 3.31. The Hall–Kier alpha value is -3.12. The lowest BCUT2D eigenvalue weighted by Gasteiger charge is -2.32. The van der Waals surface area contributed by atoms with Gasteiger partial charge in [0.05, 0.1) is 10.3 Å². The van der Waals surface area contributed by atoms with Gasteiger partial charge in [-0.2, -0.15) is 18.1 Å². The van der Waals surface area contributed by atoms with E-state index in [9.17, 15) is 21.6 Å². The number of anilines is 1. The number of halogens is 3. The van der Waals surface area contributed by atoms with E-state index in [2.05, 4.69) is 14.9 Å². The molecule has 0 saturated carbocycles. The number of rotatable bonds is 7. The van der Waals surface area contributed by atoms with Crippen molar-refractivity contribution in [2.75, 3.05) is 31.1 Å². The van der Waals surface area contributed by atoms with E-state index in [1.807, 2.05) is 13.8 Å². The number of sulfonamides is 1. The third kappa shape index (κ3) is 4.87. The number of ether oxygens (including phenoxy) is 1. The van der Waals surface area contributed by atoms with Gasteiger partial charge in [0.2, 0.25) is 10.0 Å². The van der Waals surface area contributed by atoms with E-state index in [4.69, 9.17) is 4.52 Å². The second-order valence-electron chi connectivity index (χ2n) is 8.27. The van der Waals surface area contributed by atoms with Crippen molar-refractivity contribution >= 4 is 16.0 Å². The maximum absolute atomic E-state index is 13.3. The first-order valence-corrected chi connectivity index (χ1v) is 11.9. The molecule has 1 aliphatic rings. The highest BCUT2D eigenvalue weighted by Gasteiger charge is 2.33. The van der Waals surface area contributed by atoms with Crippen LogP contribution in [0.1, 0.15) is 25.2 Å². The fraction of sp³-hybridized carbons (Fsp3) is 0.364. The predicted octanol–water partition coefficient (Wildman–Crippen LogP) is 3.65. The van der Waals surface area contributed by atoms with E-state index in [-0.39, 0.29) is 35.6 Å². The quantitative estimate of drug-likeness (QED) is 0.493. The second kappa shape index (κ2) is 9.26. The summed E-state index contributed by atoms with van der Waals surface area (Å²) >= 11 is 0. The third-order valence-electron chi connectivity index (χ3n) is 5.74. The Morgan fingerprint density at radius 2 is 1.62 bits per heavy atom. The highest BCUT2D eigenvalue weighted by atomic mass is 32.2. The molecule has 0 atom stereocenters. The maximum atomic E-state index is 13.3. The average molecular weight is 497 g/mol. The number of nitrogens with zero attached hydrogens (tertiary/aromatic N) is 4. The van der Waals surface area contributed by atoms with Gasteiger partial charge in [-0.05, 0) is 55.8 Å². The minimum atomic E-state index is -3.80.